The highest BCUT2D eigenvalue weighted by molar-refractivity contribution is 7.18. The number of carbonyl (C=O) groups is 1. The molecule has 5 heteroatoms. The van der Waals surface area contributed by atoms with Crippen molar-refractivity contribution >= 4 is 14.7 Å². The topological polar surface area (TPSA) is 63.6 Å². The predicted molar refractivity (Wildman–Crippen MR) is 20.8 cm³/mol. The predicted octanol–water partition coefficient (Wildman–Crippen LogP) is -0.271. The van der Waals surface area contributed by atoms with Crippen LogP contribution < -0.4 is 0 Å². The highest BCUT2D eigenvalue weighted by atomic mass is 31.1. The molecule has 4 nitrogen and oxygen atoms in total. The Hall–Kier alpha value is -0.470. The van der Waals surface area contributed by atoms with E-state index in [2.05, 4.69) is 4.52 Å². The van der Waals surface area contributed by atoms with Gasteiger partial charge in [0, 0.05) is 0 Å². The number of aliphatic hydroxyl groups is 1. The van der Waals surface area contributed by atoms with Crippen LogP contribution in [0.15, 0.2) is 0 Å². The minimum absolute atomic E-state index is 0.720. The quantitative estimate of drug-likeness (QED) is 0.512. The Balaban J connectivity index is 3.17. The Morgan fingerprint density at radius 1 is 1.86 bits per heavy atom. The minimum atomic E-state index is -0.892. The molecule has 0 fully saturated rings. The number of hydrogen-bond acceptors (Lipinski definition) is 4. The van der Waals surface area contributed by atoms with Crippen LogP contribution in [0.3, 0.4) is 0 Å². The molecule has 0 aliphatic rings. The van der Waals surface area contributed by atoms with Gasteiger partial charge in [0.25, 0.3) is 0 Å². The van der Waals surface area contributed by atoms with Crippen LogP contribution >= 0.6 is 8.69 Å². The highest BCUT2D eigenvalue weighted by Crippen LogP contribution is 1.92. The van der Waals surface area contributed by atoms with E-state index in [0.29, 0.717) is 0 Å². The molecule has 0 saturated carbocycles. The van der Waals surface area contributed by atoms with Gasteiger partial charge in [-0.1, -0.05) is 0 Å². The summed E-state index contributed by atoms with van der Waals surface area (Å²) in [6, 6.07) is 0. The number of carbonyl (C=O) groups excluding carboxylic acids is 1. The van der Waals surface area contributed by atoms with Crippen molar-refractivity contribution < 1.29 is 19.0 Å². The third-order valence-electron chi connectivity index (χ3n) is 0.268. The summed E-state index contributed by atoms with van der Waals surface area (Å²) in [6.45, 7) is -0.727. The Kier molecular flexibility index (Phi) is 3.46. The van der Waals surface area contributed by atoms with Crippen molar-refractivity contribution in [3.8, 4) is 0 Å². The largest absolute Gasteiger partial charge is 0.398 e. The standard InChI is InChI=1S/C2H3O4P/c3-1-2(4)6-7-5/h3H,1H2. The average Bonchev–Trinajstić information content (AvgIpc) is 1.68. The highest BCUT2D eigenvalue weighted by Gasteiger charge is 1.95. The van der Waals surface area contributed by atoms with Crippen molar-refractivity contribution in [3.63, 3.8) is 0 Å². The van der Waals surface area contributed by atoms with E-state index in [1.54, 1.807) is 0 Å². The Bertz CT molecular complexity index is 79.8. The van der Waals surface area contributed by atoms with Crippen LogP contribution in [0.5, 0.6) is 0 Å². The van der Waals surface area contributed by atoms with Crippen LogP contribution in [0, 0.1) is 0 Å². The third-order valence-corrected chi connectivity index (χ3v) is 0.546. The van der Waals surface area contributed by atoms with Crippen molar-refractivity contribution in [2.45, 2.75) is 0 Å². The van der Waals surface area contributed by atoms with Crippen LogP contribution in [0.1, 0.15) is 0 Å². The van der Waals surface area contributed by atoms with Gasteiger partial charge < -0.3 is 9.63 Å². The van der Waals surface area contributed by atoms with E-state index in [4.69, 9.17) is 5.11 Å². The zero-order valence-corrected chi connectivity index (χ0v) is 4.22. The first-order valence-corrected chi connectivity index (χ1v) is 2.17. The van der Waals surface area contributed by atoms with E-state index in [0.717, 1.165) is 0 Å². The molecule has 0 heterocycles. The summed E-state index contributed by atoms with van der Waals surface area (Å²) in [5.74, 6) is -0.892. The first kappa shape index (κ1) is 6.53. The van der Waals surface area contributed by atoms with Crippen molar-refractivity contribution in [1.29, 1.82) is 0 Å². The molecule has 40 valence electrons. The van der Waals surface area contributed by atoms with Gasteiger partial charge in [-0.25, -0.2) is 9.36 Å². The third kappa shape index (κ3) is 3.36. The molecule has 0 atom stereocenters. The van der Waals surface area contributed by atoms with Crippen molar-refractivity contribution in [2.75, 3.05) is 6.61 Å². The van der Waals surface area contributed by atoms with Crippen molar-refractivity contribution in [3.05, 3.63) is 0 Å². The molecule has 0 spiro atoms. The second kappa shape index (κ2) is 3.71. The fraction of sp³-hybridized carbons (Fsp3) is 0.500. The molecule has 0 amide bonds. The lowest BCUT2D eigenvalue weighted by atomic mass is 10.8. The molecule has 0 aliphatic carbocycles. The number of rotatable bonds is 2. The summed E-state index contributed by atoms with van der Waals surface area (Å²) in [4.78, 5) is 9.73. The molecular weight excluding hydrogens is 119 g/mol. The molecule has 0 bridgehead atoms. The monoisotopic (exact) mass is 122 g/mol. The van der Waals surface area contributed by atoms with E-state index >= 15 is 0 Å². The molecule has 1 N–H and O–H groups in total. The van der Waals surface area contributed by atoms with Crippen molar-refractivity contribution in [1.82, 2.24) is 0 Å². The van der Waals surface area contributed by atoms with Gasteiger partial charge in [-0.3, -0.25) is 0 Å². The molecule has 0 rings (SSSR count). The van der Waals surface area contributed by atoms with Gasteiger partial charge in [0.1, 0.15) is 6.61 Å². The van der Waals surface area contributed by atoms with E-state index in [-0.39, 0.29) is 0 Å². The van der Waals surface area contributed by atoms with Crippen LogP contribution in [-0.2, 0) is 13.9 Å². The molecule has 0 saturated heterocycles. The fourth-order valence-electron chi connectivity index (χ4n) is 0.0704. The van der Waals surface area contributed by atoms with Gasteiger partial charge >= 0.3 is 14.7 Å². The summed E-state index contributed by atoms with van der Waals surface area (Å²) in [5.41, 5.74) is 0. The average molecular weight is 122 g/mol. The number of hydrogen-bond donors (Lipinski definition) is 1. The maximum absolute atomic E-state index is 9.73. The second-order valence-electron chi connectivity index (χ2n) is 0.696. The lowest BCUT2D eigenvalue weighted by Gasteiger charge is -1.83. The van der Waals surface area contributed by atoms with E-state index in [1.165, 1.54) is 0 Å². The van der Waals surface area contributed by atoms with Gasteiger partial charge in [-0.05, 0) is 0 Å². The smallest absolute Gasteiger partial charge is 0.385 e. The fourth-order valence-corrected chi connectivity index (χ4v) is 0.211. The molecule has 0 aromatic rings. The maximum Gasteiger partial charge on any atom is 0.398 e. The molecule has 0 radical (unpaired) electrons. The summed E-state index contributed by atoms with van der Waals surface area (Å²) in [6.07, 6.45) is 0. The molecule has 0 aromatic carbocycles. The van der Waals surface area contributed by atoms with E-state index in [9.17, 15) is 9.36 Å². The molecule has 0 aliphatic heterocycles. The Morgan fingerprint density at radius 2 is 2.43 bits per heavy atom. The van der Waals surface area contributed by atoms with Crippen LogP contribution in [-0.4, -0.2) is 17.7 Å². The zero-order chi connectivity index (χ0) is 5.70. The van der Waals surface area contributed by atoms with Crippen molar-refractivity contribution in [2.24, 2.45) is 0 Å². The molecular formula is C2H3O4P. The normalized spacial score (nSPS) is 8.71. The maximum atomic E-state index is 9.73. The Labute approximate surface area is 41.4 Å². The van der Waals surface area contributed by atoms with Gasteiger partial charge in [-0.15, -0.1) is 0 Å². The van der Waals surface area contributed by atoms with Gasteiger partial charge in [0.2, 0.25) is 0 Å². The van der Waals surface area contributed by atoms with Gasteiger partial charge in [0.05, 0.1) is 0 Å². The SMILES string of the molecule is O=POC(=O)CO. The lowest BCUT2D eigenvalue weighted by Crippen LogP contribution is -2.01. The van der Waals surface area contributed by atoms with E-state index < -0.39 is 21.3 Å². The lowest BCUT2D eigenvalue weighted by molar-refractivity contribution is -0.136. The summed E-state index contributed by atoms with van der Waals surface area (Å²) < 4.78 is 13.0. The first-order valence-electron chi connectivity index (χ1n) is 1.44. The van der Waals surface area contributed by atoms with E-state index in [1.807, 2.05) is 0 Å². The first-order chi connectivity index (χ1) is 3.31. The van der Waals surface area contributed by atoms with Gasteiger partial charge in [0.15, 0.2) is 0 Å². The Morgan fingerprint density at radius 3 is 2.57 bits per heavy atom. The summed E-state index contributed by atoms with van der Waals surface area (Å²) in [7, 11) is -0.720. The molecule has 0 aromatic heterocycles. The summed E-state index contributed by atoms with van der Waals surface area (Å²) in [5, 5.41) is 7.85. The number of aliphatic hydroxyl groups excluding tert-OH is 1. The molecule has 0 unspecified atom stereocenters. The second-order valence-corrected chi connectivity index (χ2v) is 1.03. The molecule has 7 heavy (non-hydrogen) atoms. The van der Waals surface area contributed by atoms with Crippen LogP contribution in [0.2, 0.25) is 0 Å². The van der Waals surface area contributed by atoms with Gasteiger partial charge in [-0.2, -0.15) is 0 Å². The summed E-state index contributed by atoms with van der Waals surface area (Å²) >= 11 is 0. The zero-order valence-electron chi connectivity index (χ0n) is 3.33. The minimum Gasteiger partial charge on any atom is -0.385 e. The van der Waals surface area contributed by atoms with Crippen LogP contribution in [0.4, 0.5) is 0 Å². The van der Waals surface area contributed by atoms with Crippen LogP contribution in [0.25, 0.3) is 0 Å².